The van der Waals surface area contributed by atoms with E-state index in [1.54, 1.807) is 12.1 Å². The number of aryl methyl sites for hydroxylation is 1. The molecule has 1 aliphatic carbocycles. The van der Waals surface area contributed by atoms with E-state index in [9.17, 15) is 17.8 Å². The third-order valence-corrected chi connectivity index (χ3v) is 4.27. The van der Waals surface area contributed by atoms with Gasteiger partial charge in [0.25, 0.3) is 15.0 Å². The SMILES string of the molecule is O=C1CCc2ccccc2C1(NO)S(=O)(=O)O. The second-order valence-corrected chi connectivity index (χ2v) is 5.41. The largest absolute Gasteiger partial charge is 0.314 e. The quantitative estimate of drug-likeness (QED) is 0.517. The Kier molecular flexibility index (Phi) is 2.78. The van der Waals surface area contributed by atoms with Gasteiger partial charge in [-0.3, -0.25) is 9.35 Å². The first-order valence-corrected chi connectivity index (χ1v) is 6.37. The highest BCUT2D eigenvalue weighted by molar-refractivity contribution is 7.87. The minimum atomic E-state index is -4.81. The number of nitrogens with one attached hydrogen (secondary N) is 1. The Morgan fingerprint density at radius 3 is 2.47 bits per heavy atom. The number of hydrogen-bond donors (Lipinski definition) is 3. The second kappa shape index (κ2) is 3.88. The maximum absolute atomic E-state index is 11.8. The standard InChI is InChI=1S/C10H11NO5S/c12-9-6-5-7-3-1-2-4-8(7)10(9,11-13)17(14,15)16/h1-4,11,13H,5-6H2,(H,14,15,16). The lowest BCUT2D eigenvalue weighted by Crippen LogP contribution is -2.55. The maximum atomic E-state index is 11.8. The van der Waals surface area contributed by atoms with Crippen molar-refractivity contribution in [3.8, 4) is 0 Å². The number of rotatable bonds is 2. The first-order valence-electron chi connectivity index (χ1n) is 4.93. The van der Waals surface area contributed by atoms with Crippen molar-refractivity contribution in [2.75, 3.05) is 0 Å². The summed E-state index contributed by atoms with van der Waals surface area (Å²) < 4.78 is 32.1. The molecule has 0 radical (unpaired) electrons. The van der Waals surface area contributed by atoms with Crippen LogP contribution in [0.2, 0.25) is 0 Å². The van der Waals surface area contributed by atoms with E-state index < -0.39 is 20.8 Å². The number of hydrogen-bond acceptors (Lipinski definition) is 5. The zero-order valence-electron chi connectivity index (χ0n) is 8.75. The number of hydroxylamine groups is 1. The molecule has 2 rings (SSSR count). The van der Waals surface area contributed by atoms with Crippen LogP contribution in [0, 0.1) is 0 Å². The summed E-state index contributed by atoms with van der Waals surface area (Å²) >= 11 is 0. The Morgan fingerprint density at radius 2 is 1.88 bits per heavy atom. The lowest BCUT2D eigenvalue weighted by atomic mass is 9.86. The van der Waals surface area contributed by atoms with Crippen LogP contribution in [0.1, 0.15) is 17.5 Å². The molecular formula is C10H11NO5S. The monoisotopic (exact) mass is 257 g/mol. The Balaban J connectivity index is 2.79. The Morgan fingerprint density at radius 1 is 1.24 bits per heavy atom. The number of Topliss-reactive ketones (excluding diaryl/α,β-unsaturated/α-hetero) is 1. The van der Waals surface area contributed by atoms with Crippen LogP contribution < -0.4 is 5.48 Å². The number of carbonyl (C=O) groups is 1. The summed E-state index contributed by atoms with van der Waals surface area (Å²) in [5.74, 6) is -0.777. The molecule has 1 aromatic carbocycles. The van der Waals surface area contributed by atoms with Gasteiger partial charge in [0.2, 0.25) is 0 Å². The van der Waals surface area contributed by atoms with Gasteiger partial charge in [0.1, 0.15) is 0 Å². The van der Waals surface area contributed by atoms with Crippen LogP contribution in [0.25, 0.3) is 0 Å². The normalized spacial score (nSPS) is 24.5. The Hall–Kier alpha value is -1.28. The fourth-order valence-electron chi connectivity index (χ4n) is 2.12. The molecule has 0 bridgehead atoms. The Bertz CT molecular complexity index is 568. The molecule has 1 atom stereocenters. The van der Waals surface area contributed by atoms with E-state index in [1.165, 1.54) is 17.6 Å². The molecule has 0 aromatic heterocycles. The van der Waals surface area contributed by atoms with Gasteiger partial charge in [-0.15, -0.1) is 0 Å². The lowest BCUT2D eigenvalue weighted by Gasteiger charge is -2.33. The van der Waals surface area contributed by atoms with Crippen molar-refractivity contribution >= 4 is 15.9 Å². The summed E-state index contributed by atoms with van der Waals surface area (Å²) in [5.41, 5.74) is 2.15. The molecule has 1 aromatic rings. The summed E-state index contributed by atoms with van der Waals surface area (Å²) in [4.78, 5) is 9.34. The van der Waals surface area contributed by atoms with Crippen molar-refractivity contribution in [2.24, 2.45) is 0 Å². The predicted molar refractivity (Wildman–Crippen MR) is 57.9 cm³/mol. The van der Waals surface area contributed by atoms with Crippen molar-refractivity contribution in [3.05, 3.63) is 35.4 Å². The van der Waals surface area contributed by atoms with Crippen LogP contribution in [0.3, 0.4) is 0 Å². The van der Waals surface area contributed by atoms with E-state index in [4.69, 9.17) is 5.21 Å². The van der Waals surface area contributed by atoms with Crippen LogP contribution in [-0.2, 0) is 26.2 Å². The summed E-state index contributed by atoms with van der Waals surface area (Å²) in [6, 6.07) is 6.28. The molecule has 0 saturated carbocycles. The van der Waals surface area contributed by atoms with Crippen LogP contribution in [-0.4, -0.2) is 24.0 Å². The molecule has 0 spiro atoms. The first-order chi connectivity index (χ1) is 7.93. The first kappa shape index (κ1) is 12.2. The minimum Gasteiger partial charge on any atom is -0.314 e. The molecule has 0 heterocycles. The molecule has 0 amide bonds. The van der Waals surface area contributed by atoms with Crippen molar-refractivity contribution < 1.29 is 23.0 Å². The van der Waals surface area contributed by atoms with E-state index in [-0.39, 0.29) is 12.0 Å². The fraction of sp³-hybridized carbons (Fsp3) is 0.300. The minimum absolute atomic E-state index is 0.0651. The smallest absolute Gasteiger partial charge is 0.298 e. The average Bonchev–Trinajstić information content (AvgIpc) is 2.27. The maximum Gasteiger partial charge on any atom is 0.298 e. The Labute approximate surface area is 98.0 Å². The third-order valence-electron chi connectivity index (χ3n) is 2.96. The van der Waals surface area contributed by atoms with Gasteiger partial charge < -0.3 is 5.21 Å². The molecule has 1 aliphatic rings. The highest BCUT2D eigenvalue weighted by atomic mass is 32.2. The van der Waals surface area contributed by atoms with Gasteiger partial charge in [0.15, 0.2) is 5.78 Å². The number of benzene rings is 1. The number of ketones is 1. The van der Waals surface area contributed by atoms with Gasteiger partial charge in [-0.1, -0.05) is 24.3 Å². The molecule has 0 fully saturated rings. The van der Waals surface area contributed by atoms with E-state index in [0.29, 0.717) is 12.0 Å². The van der Waals surface area contributed by atoms with Crippen LogP contribution in [0.5, 0.6) is 0 Å². The third kappa shape index (κ3) is 1.59. The molecule has 1 unspecified atom stereocenters. The van der Waals surface area contributed by atoms with Gasteiger partial charge in [0, 0.05) is 12.0 Å². The molecule has 17 heavy (non-hydrogen) atoms. The highest BCUT2D eigenvalue weighted by Crippen LogP contribution is 2.36. The lowest BCUT2D eigenvalue weighted by molar-refractivity contribution is -0.126. The molecule has 7 heteroatoms. The summed E-state index contributed by atoms with van der Waals surface area (Å²) in [6.07, 6.45) is 0.318. The highest BCUT2D eigenvalue weighted by Gasteiger charge is 2.54. The molecular weight excluding hydrogens is 246 g/mol. The van der Waals surface area contributed by atoms with Crippen LogP contribution >= 0.6 is 0 Å². The van der Waals surface area contributed by atoms with Crippen LogP contribution in [0.15, 0.2) is 24.3 Å². The predicted octanol–water partition coefficient (Wildman–Crippen LogP) is 0.221. The van der Waals surface area contributed by atoms with Gasteiger partial charge in [0.05, 0.1) is 0 Å². The van der Waals surface area contributed by atoms with Gasteiger partial charge in [-0.2, -0.15) is 13.9 Å². The number of carbonyl (C=O) groups excluding carboxylic acids is 1. The molecule has 0 saturated heterocycles. The second-order valence-electron chi connectivity index (χ2n) is 3.85. The van der Waals surface area contributed by atoms with E-state index in [1.807, 2.05) is 0 Å². The molecule has 0 aliphatic heterocycles. The van der Waals surface area contributed by atoms with Gasteiger partial charge in [-0.25, -0.2) is 0 Å². The fourth-order valence-corrected chi connectivity index (χ4v) is 3.10. The van der Waals surface area contributed by atoms with Gasteiger partial charge in [-0.05, 0) is 12.0 Å². The molecule has 3 N–H and O–H groups in total. The van der Waals surface area contributed by atoms with Crippen molar-refractivity contribution in [1.29, 1.82) is 0 Å². The van der Waals surface area contributed by atoms with Gasteiger partial charge >= 0.3 is 0 Å². The molecule has 92 valence electrons. The summed E-state index contributed by atoms with van der Waals surface area (Å²) in [6.45, 7) is 0. The zero-order valence-corrected chi connectivity index (χ0v) is 9.57. The zero-order chi connectivity index (χ0) is 12.7. The summed E-state index contributed by atoms with van der Waals surface area (Å²) in [5, 5.41) is 9.08. The van der Waals surface area contributed by atoms with E-state index in [2.05, 4.69) is 0 Å². The van der Waals surface area contributed by atoms with Crippen molar-refractivity contribution in [3.63, 3.8) is 0 Å². The topological polar surface area (TPSA) is 104 Å². The van der Waals surface area contributed by atoms with E-state index >= 15 is 0 Å². The van der Waals surface area contributed by atoms with E-state index in [0.717, 1.165) is 0 Å². The van der Waals surface area contributed by atoms with Crippen molar-refractivity contribution in [1.82, 2.24) is 5.48 Å². The van der Waals surface area contributed by atoms with Crippen molar-refractivity contribution in [2.45, 2.75) is 17.7 Å². The average molecular weight is 257 g/mol. The number of fused-ring (bicyclic) bond motifs is 1. The van der Waals surface area contributed by atoms with Crippen LogP contribution in [0.4, 0.5) is 0 Å². The molecule has 6 nitrogen and oxygen atoms in total. The summed E-state index contributed by atoms with van der Waals surface area (Å²) in [7, 11) is -4.81.